The molecule has 4 aromatic rings. The monoisotopic (exact) mass is 573 g/mol. The molecule has 4 heterocycles. The van der Waals surface area contributed by atoms with Crippen LogP contribution in [0.2, 0.25) is 5.02 Å². The Morgan fingerprint density at radius 3 is 2.73 bits per heavy atom. The van der Waals surface area contributed by atoms with Gasteiger partial charge < -0.3 is 29.0 Å². The van der Waals surface area contributed by atoms with Crippen molar-refractivity contribution in [3.8, 4) is 34.8 Å². The minimum Gasteiger partial charge on any atom is -0.493 e. The topological polar surface area (TPSA) is 100 Å². The molecular weight excluding hydrogens is 546 g/mol. The molecule has 0 bridgehead atoms. The van der Waals surface area contributed by atoms with Gasteiger partial charge in [0.1, 0.15) is 23.5 Å². The minimum atomic E-state index is 0.0488. The van der Waals surface area contributed by atoms with Gasteiger partial charge in [0.25, 0.3) is 0 Å². The van der Waals surface area contributed by atoms with Crippen LogP contribution in [0.4, 0.5) is 11.5 Å². The molecule has 0 atom stereocenters. The van der Waals surface area contributed by atoms with Crippen LogP contribution in [-0.4, -0.2) is 73.2 Å². The molecule has 1 N–H and O–H groups in total. The molecule has 0 saturated carbocycles. The van der Waals surface area contributed by atoms with Crippen LogP contribution in [0.15, 0.2) is 48.9 Å². The lowest BCUT2D eigenvalue weighted by atomic mass is 10.1. The second-order valence-corrected chi connectivity index (χ2v) is 9.74. The first-order chi connectivity index (χ1) is 20.2. The number of aromatic nitrogens is 3. The van der Waals surface area contributed by atoms with Crippen LogP contribution in [-0.2, 0) is 4.74 Å². The Morgan fingerprint density at radius 1 is 1.02 bits per heavy atom. The molecule has 10 nitrogen and oxygen atoms in total. The van der Waals surface area contributed by atoms with Gasteiger partial charge in [0.15, 0.2) is 23.0 Å². The fourth-order valence-corrected chi connectivity index (χ4v) is 4.91. The van der Waals surface area contributed by atoms with Gasteiger partial charge in [-0.2, -0.15) is 0 Å². The van der Waals surface area contributed by atoms with Crippen molar-refractivity contribution in [1.29, 1.82) is 0 Å². The molecule has 41 heavy (non-hydrogen) atoms. The Hall–Kier alpha value is -4.30. The first-order valence-corrected chi connectivity index (χ1v) is 13.6. The molecule has 1 saturated heterocycles. The van der Waals surface area contributed by atoms with Gasteiger partial charge in [-0.05, 0) is 36.6 Å². The van der Waals surface area contributed by atoms with E-state index in [0.717, 1.165) is 44.7 Å². The first-order valence-electron chi connectivity index (χ1n) is 13.3. The van der Waals surface area contributed by atoms with Gasteiger partial charge in [0.05, 0.1) is 43.0 Å². The van der Waals surface area contributed by atoms with Crippen LogP contribution < -0.4 is 24.3 Å². The molecule has 6 rings (SSSR count). The zero-order valence-electron chi connectivity index (χ0n) is 22.5. The van der Waals surface area contributed by atoms with E-state index in [1.165, 1.54) is 6.33 Å². The number of hydrogen-bond acceptors (Lipinski definition) is 10. The highest BCUT2D eigenvalue weighted by Gasteiger charge is 2.25. The fourth-order valence-electron chi connectivity index (χ4n) is 4.66. The van der Waals surface area contributed by atoms with Crippen LogP contribution in [0.5, 0.6) is 23.0 Å². The summed E-state index contributed by atoms with van der Waals surface area (Å²) in [6.07, 6.45) is 4.07. The van der Waals surface area contributed by atoms with E-state index in [0.29, 0.717) is 62.9 Å². The van der Waals surface area contributed by atoms with Gasteiger partial charge >= 0.3 is 0 Å². The van der Waals surface area contributed by atoms with Crippen LogP contribution in [0.25, 0.3) is 10.9 Å². The maximum atomic E-state index is 6.73. The molecule has 1 fully saturated rings. The number of methoxy groups -OCH3 is 1. The van der Waals surface area contributed by atoms with Gasteiger partial charge in [0.2, 0.25) is 6.79 Å². The van der Waals surface area contributed by atoms with E-state index in [2.05, 4.69) is 37.0 Å². The van der Waals surface area contributed by atoms with Crippen LogP contribution in [0, 0.1) is 11.8 Å². The number of pyridine rings is 1. The van der Waals surface area contributed by atoms with Crippen molar-refractivity contribution in [3.63, 3.8) is 0 Å². The zero-order valence-corrected chi connectivity index (χ0v) is 23.2. The Kier molecular flexibility index (Phi) is 8.18. The number of benzene rings is 2. The predicted octanol–water partition coefficient (Wildman–Crippen LogP) is 4.66. The predicted molar refractivity (Wildman–Crippen MR) is 155 cm³/mol. The highest BCUT2D eigenvalue weighted by molar-refractivity contribution is 6.34. The largest absolute Gasteiger partial charge is 0.493 e. The molecule has 0 amide bonds. The Labute approximate surface area is 242 Å². The average Bonchev–Trinajstić information content (AvgIpc) is 3.51. The fraction of sp³-hybridized carbons (Fsp3) is 0.300. The molecule has 2 aromatic carbocycles. The van der Waals surface area contributed by atoms with Crippen molar-refractivity contribution in [1.82, 2.24) is 19.9 Å². The third kappa shape index (κ3) is 6.07. The summed E-state index contributed by atoms with van der Waals surface area (Å²) in [4.78, 5) is 15.6. The maximum Gasteiger partial charge on any atom is 0.231 e. The highest BCUT2D eigenvalue weighted by Crippen LogP contribution is 2.47. The Morgan fingerprint density at radius 2 is 1.90 bits per heavy atom. The third-order valence-corrected chi connectivity index (χ3v) is 7.03. The van der Waals surface area contributed by atoms with E-state index in [1.807, 2.05) is 30.3 Å². The van der Waals surface area contributed by atoms with Gasteiger partial charge in [-0.3, -0.25) is 4.90 Å². The lowest BCUT2D eigenvalue weighted by molar-refractivity contribution is 0.0357. The highest BCUT2D eigenvalue weighted by atomic mass is 35.5. The number of halogens is 1. The number of hydrogen-bond donors (Lipinski definition) is 1. The van der Waals surface area contributed by atoms with Crippen molar-refractivity contribution in [2.24, 2.45) is 0 Å². The lowest BCUT2D eigenvalue weighted by Crippen LogP contribution is -2.37. The molecule has 0 spiro atoms. The molecule has 2 aliphatic heterocycles. The van der Waals surface area contributed by atoms with E-state index in [-0.39, 0.29) is 6.79 Å². The molecule has 2 aliphatic rings. The van der Waals surface area contributed by atoms with Crippen LogP contribution >= 0.6 is 11.6 Å². The summed E-state index contributed by atoms with van der Waals surface area (Å²) < 4.78 is 28.7. The molecule has 11 heteroatoms. The van der Waals surface area contributed by atoms with Crippen molar-refractivity contribution >= 4 is 34.0 Å². The molecular formula is C30H28ClN5O5. The van der Waals surface area contributed by atoms with E-state index < -0.39 is 0 Å². The van der Waals surface area contributed by atoms with Gasteiger partial charge in [-0.15, -0.1) is 0 Å². The summed E-state index contributed by atoms with van der Waals surface area (Å²) in [5, 5.41) is 4.45. The van der Waals surface area contributed by atoms with Crippen molar-refractivity contribution in [2.45, 2.75) is 6.42 Å². The number of ether oxygens (including phenoxy) is 5. The minimum absolute atomic E-state index is 0.0488. The smallest absolute Gasteiger partial charge is 0.231 e. The number of nitrogens with one attached hydrogen (secondary N) is 1. The number of morpholine rings is 1. The second-order valence-electron chi connectivity index (χ2n) is 9.33. The van der Waals surface area contributed by atoms with E-state index in [9.17, 15) is 0 Å². The number of nitrogens with zero attached hydrogens (tertiary/aromatic N) is 4. The summed E-state index contributed by atoms with van der Waals surface area (Å²) >= 11 is 6.73. The summed E-state index contributed by atoms with van der Waals surface area (Å²) in [6, 6.07) is 11.0. The molecule has 0 unspecified atom stereocenters. The number of anilines is 2. The standard InChI is InChI=1S/C30H28ClN5O5/c1-37-25-16-22-24(17-26(25)39-12-4-9-36-10-13-38-14-11-36)33-18-34-30(22)35-27-23(31)15-20(28-29(27)41-19-40-28)6-7-21-5-2-3-8-32-21/h2-3,5,8,15-18H,4,9-14,19H2,1H3,(H,33,34,35). The molecule has 2 aromatic heterocycles. The molecule has 0 radical (unpaired) electrons. The average molecular weight is 574 g/mol. The van der Waals surface area contributed by atoms with Gasteiger partial charge in [0, 0.05) is 37.3 Å². The van der Waals surface area contributed by atoms with Crippen molar-refractivity contribution in [2.75, 3.05) is 58.7 Å². The normalized spacial score (nSPS) is 14.4. The number of rotatable bonds is 8. The summed E-state index contributed by atoms with van der Waals surface area (Å²) in [7, 11) is 1.61. The first kappa shape index (κ1) is 26.9. The number of fused-ring (bicyclic) bond motifs is 2. The molecule has 0 aliphatic carbocycles. The quantitative estimate of drug-likeness (QED) is 0.237. The maximum absolute atomic E-state index is 6.73. The lowest BCUT2D eigenvalue weighted by Gasteiger charge is -2.26. The van der Waals surface area contributed by atoms with Gasteiger partial charge in [-0.25, -0.2) is 15.0 Å². The van der Waals surface area contributed by atoms with E-state index >= 15 is 0 Å². The van der Waals surface area contributed by atoms with Crippen molar-refractivity contribution in [3.05, 3.63) is 65.2 Å². The van der Waals surface area contributed by atoms with Crippen molar-refractivity contribution < 1.29 is 23.7 Å². The third-order valence-electron chi connectivity index (χ3n) is 6.73. The van der Waals surface area contributed by atoms with Crippen LogP contribution in [0.3, 0.4) is 0 Å². The second kappa shape index (κ2) is 12.5. The Balaban J connectivity index is 1.24. The summed E-state index contributed by atoms with van der Waals surface area (Å²) in [6.45, 7) is 5.05. The summed E-state index contributed by atoms with van der Waals surface area (Å²) in [5.41, 5.74) is 2.45. The van der Waals surface area contributed by atoms with Gasteiger partial charge in [-0.1, -0.05) is 23.6 Å². The van der Waals surface area contributed by atoms with E-state index in [4.69, 9.17) is 35.3 Å². The summed E-state index contributed by atoms with van der Waals surface area (Å²) in [5.74, 6) is 8.82. The Bertz CT molecular complexity index is 1600. The SMILES string of the molecule is COc1cc2c(Nc3c(Cl)cc(C#Cc4ccccn4)c4c3OCO4)ncnc2cc1OCCCN1CCOCC1. The zero-order chi connectivity index (χ0) is 28.0. The molecule has 210 valence electrons. The van der Waals surface area contributed by atoms with Crippen LogP contribution in [0.1, 0.15) is 17.7 Å². The van der Waals surface area contributed by atoms with E-state index in [1.54, 1.807) is 19.4 Å².